The molecule has 1 aliphatic heterocycles. The summed E-state index contributed by atoms with van der Waals surface area (Å²) >= 11 is 0. The lowest BCUT2D eigenvalue weighted by Gasteiger charge is -2.35. The Hall–Kier alpha value is -0.610. The summed E-state index contributed by atoms with van der Waals surface area (Å²) in [5, 5.41) is 9.43. The van der Waals surface area contributed by atoms with Crippen molar-refractivity contribution in [1.29, 1.82) is 0 Å². The van der Waals surface area contributed by atoms with Crippen LogP contribution in [0.15, 0.2) is 0 Å². The van der Waals surface area contributed by atoms with Crippen LogP contribution in [0.1, 0.15) is 19.3 Å². The summed E-state index contributed by atoms with van der Waals surface area (Å²) in [6, 6.07) is 0.433. The van der Waals surface area contributed by atoms with E-state index in [-0.39, 0.29) is 12.0 Å². The minimum Gasteiger partial charge on any atom is -0.393 e. The second kappa shape index (κ2) is 3.87. The minimum atomic E-state index is -0.144. The third-order valence-corrected chi connectivity index (χ3v) is 3.38. The molecule has 0 aromatic rings. The molecule has 14 heavy (non-hydrogen) atoms. The second-order valence-electron chi connectivity index (χ2n) is 4.41. The molecular formula is C10H18N2O2. The van der Waals surface area contributed by atoms with E-state index in [1.807, 2.05) is 7.05 Å². The molecule has 4 heteroatoms. The second-order valence-corrected chi connectivity index (χ2v) is 4.41. The maximum absolute atomic E-state index is 11.5. The van der Waals surface area contributed by atoms with E-state index in [0.717, 1.165) is 32.4 Å². The van der Waals surface area contributed by atoms with Gasteiger partial charge in [0.2, 0.25) is 5.91 Å². The van der Waals surface area contributed by atoms with Gasteiger partial charge in [-0.1, -0.05) is 0 Å². The smallest absolute Gasteiger partial charge is 0.236 e. The molecule has 2 unspecified atom stereocenters. The van der Waals surface area contributed by atoms with E-state index in [0.29, 0.717) is 12.6 Å². The zero-order valence-corrected chi connectivity index (χ0v) is 8.65. The van der Waals surface area contributed by atoms with Gasteiger partial charge in [-0.05, 0) is 19.3 Å². The maximum atomic E-state index is 11.5. The molecule has 1 amide bonds. The SMILES string of the molecule is CN1CCN(C2CCC(O)C2)CC1=O. The molecule has 1 heterocycles. The fraction of sp³-hybridized carbons (Fsp3) is 0.900. The third-order valence-electron chi connectivity index (χ3n) is 3.38. The lowest BCUT2D eigenvalue weighted by Crippen LogP contribution is -2.51. The quantitative estimate of drug-likeness (QED) is 0.627. The van der Waals surface area contributed by atoms with Gasteiger partial charge in [0.15, 0.2) is 0 Å². The standard InChI is InChI=1S/C10H18N2O2/c1-11-4-5-12(7-10(11)14)8-2-3-9(13)6-8/h8-9,13H,2-7H2,1H3. The average molecular weight is 198 g/mol. The van der Waals surface area contributed by atoms with Gasteiger partial charge in [0.05, 0.1) is 12.6 Å². The van der Waals surface area contributed by atoms with Crippen molar-refractivity contribution in [3.8, 4) is 0 Å². The van der Waals surface area contributed by atoms with Crippen molar-refractivity contribution in [2.24, 2.45) is 0 Å². The maximum Gasteiger partial charge on any atom is 0.236 e. The molecule has 4 nitrogen and oxygen atoms in total. The Labute approximate surface area is 84.5 Å². The number of carbonyl (C=O) groups is 1. The van der Waals surface area contributed by atoms with Gasteiger partial charge in [-0.3, -0.25) is 9.69 Å². The van der Waals surface area contributed by atoms with Gasteiger partial charge in [-0.15, -0.1) is 0 Å². The number of amides is 1. The van der Waals surface area contributed by atoms with E-state index in [9.17, 15) is 9.90 Å². The van der Waals surface area contributed by atoms with Crippen LogP contribution in [0, 0.1) is 0 Å². The van der Waals surface area contributed by atoms with Crippen molar-refractivity contribution in [1.82, 2.24) is 9.80 Å². The van der Waals surface area contributed by atoms with Gasteiger partial charge in [-0.25, -0.2) is 0 Å². The van der Waals surface area contributed by atoms with Gasteiger partial charge in [-0.2, -0.15) is 0 Å². The van der Waals surface area contributed by atoms with Gasteiger partial charge in [0.1, 0.15) is 0 Å². The van der Waals surface area contributed by atoms with Crippen LogP contribution in [0.5, 0.6) is 0 Å². The highest BCUT2D eigenvalue weighted by Crippen LogP contribution is 2.24. The van der Waals surface area contributed by atoms with Gasteiger partial charge < -0.3 is 10.0 Å². The Morgan fingerprint density at radius 2 is 2.14 bits per heavy atom. The van der Waals surface area contributed by atoms with Crippen LogP contribution in [0.25, 0.3) is 0 Å². The molecular weight excluding hydrogens is 180 g/mol. The molecule has 1 N–H and O–H groups in total. The molecule has 1 saturated carbocycles. The van der Waals surface area contributed by atoms with E-state index < -0.39 is 0 Å². The van der Waals surface area contributed by atoms with Crippen molar-refractivity contribution in [2.45, 2.75) is 31.4 Å². The number of nitrogens with zero attached hydrogens (tertiary/aromatic N) is 2. The molecule has 0 radical (unpaired) electrons. The van der Waals surface area contributed by atoms with E-state index in [1.165, 1.54) is 0 Å². The lowest BCUT2D eigenvalue weighted by molar-refractivity contribution is -0.135. The molecule has 2 aliphatic rings. The zero-order chi connectivity index (χ0) is 10.1. The molecule has 2 fully saturated rings. The van der Waals surface area contributed by atoms with Crippen LogP contribution in [0.4, 0.5) is 0 Å². The zero-order valence-electron chi connectivity index (χ0n) is 8.65. The Morgan fingerprint density at radius 1 is 1.36 bits per heavy atom. The first-order valence-electron chi connectivity index (χ1n) is 5.33. The number of aliphatic hydroxyl groups is 1. The number of rotatable bonds is 1. The van der Waals surface area contributed by atoms with E-state index >= 15 is 0 Å². The van der Waals surface area contributed by atoms with Crippen LogP contribution in [0.2, 0.25) is 0 Å². The topological polar surface area (TPSA) is 43.8 Å². The number of hydrogen-bond donors (Lipinski definition) is 1. The molecule has 0 aromatic heterocycles. The number of carbonyl (C=O) groups excluding carboxylic acids is 1. The van der Waals surface area contributed by atoms with E-state index in [1.54, 1.807) is 4.90 Å². The monoisotopic (exact) mass is 198 g/mol. The molecule has 0 aromatic carbocycles. The first-order chi connectivity index (χ1) is 6.66. The van der Waals surface area contributed by atoms with E-state index in [4.69, 9.17) is 0 Å². The molecule has 2 rings (SSSR count). The van der Waals surface area contributed by atoms with E-state index in [2.05, 4.69) is 4.90 Å². The van der Waals surface area contributed by atoms with Gasteiger partial charge in [0.25, 0.3) is 0 Å². The number of piperazine rings is 1. The summed E-state index contributed by atoms with van der Waals surface area (Å²) in [5.41, 5.74) is 0. The number of likely N-dealkylation sites (N-methyl/N-ethyl adjacent to an activating group) is 1. The molecule has 80 valence electrons. The third kappa shape index (κ3) is 1.91. The first-order valence-corrected chi connectivity index (χ1v) is 5.33. The largest absolute Gasteiger partial charge is 0.393 e. The summed E-state index contributed by atoms with van der Waals surface area (Å²) in [6.45, 7) is 2.32. The molecule has 1 aliphatic carbocycles. The summed E-state index contributed by atoms with van der Waals surface area (Å²) < 4.78 is 0. The highest BCUT2D eigenvalue weighted by atomic mass is 16.3. The highest BCUT2D eigenvalue weighted by Gasteiger charge is 2.31. The van der Waals surface area contributed by atoms with Crippen LogP contribution >= 0.6 is 0 Å². The van der Waals surface area contributed by atoms with Crippen molar-refractivity contribution >= 4 is 5.91 Å². The molecule has 0 bridgehead atoms. The van der Waals surface area contributed by atoms with Crippen LogP contribution in [0.3, 0.4) is 0 Å². The lowest BCUT2D eigenvalue weighted by atomic mass is 10.2. The fourth-order valence-electron chi connectivity index (χ4n) is 2.35. The van der Waals surface area contributed by atoms with Crippen molar-refractivity contribution < 1.29 is 9.90 Å². The molecule has 2 atom stereocenters. The van der Waals surface area contributed by atoms with Crippen LogP contribution < -0.4 is 0 Å². The van der Waals surface area contributed by atoms with Crippen molar-refractivity contribution in [3.05, 3.63) is 0 Å². The summed E-state index contributed by atoms with van der Waals surface area (Å²) in [6.07, 6.45) is 2.63. The normalized spacial score (nSPS) is 35.3. The number of hydrogen-bond acceptors (Lipinski definition) is 3. The summed E-state index contributed by atoms with van der Waals surface area (Å²) in [5.74, 6) is 0.206. The van der Waals surface area contributed by atoms with Gasteiger partial charge >= 0.3 is 0 Å². The fourth-order valence-corrected chi connectivity index (χ4v) is 2.35. The summed E-state index contributed by atoms with van der Waals surface area (Å²) in [7, 11) is 1.85. The summed E-state index contributed by atoms with van der Waals surface area (Å²) in [4.78, 5) is 15.5. The molecule has 0 spiro atoms. The minimum absolute atomic E-state index is 0.144. The number of aliphatic hydroxyl groups excluding tert-OH is 1. The molecule has 1 saturated heterocycles. The Bertz CT molecular complexity index is 232. The van der Waals surface area contributed by atoms with Crippen LogP contribution in [-0.2, 0) is 4.79 Å². The Morgan fingerprint density at radius 3 is 2.71 bits per heavy atom. The average Bonchev–Trinajstić information content (AvgIpc) is 2.57. The van der Waals surface area contributed by atoms with Gasteiger partial charge in [0, 0.05) is 26.2 Å². The predicted octanol–water partition coefficient (Wildman–Crippen LogP) is -0.326. The van der Waals surface area contributed by atoms with Crippen molar-refractivity contribution in [3.63, 3.8) is 0 Å². The van der Waals surface area contributed by atoms with Crippen molar-refractivity contribution in [2.75, 3.05) is 26.7 Å². The first kappa shape index (κ1) is 9.93. The predicted molar refractivity (Wildman–Crippen MR) is 52.9 cm³/mol. The Kier molecular flexibility index (Phi) is 2.74. The highest BCUT2D eigenvalue weighted by molar-refractivity contribution is 5.78. The van der Waals surface area contributed by atoms with Crippen LogP contribution in [-0.4, -0.2) is 59.6 Å². The Balaban J connectivity index is 1.90.